The van der Waals surface area contributed by atoms with E-state index < -0.39 is 10.0 Å². The van der Waals surface area contributed by atoms with Crippen LogP contribution in [0, 0.1) is 13.8 Å². The maximum Gasteiger partial charge on any atom is 0.258 e. The lowest BCUT2D eigenvalue weighted by Crippen LogP contribution is -2.30. The van der Waals surface area contributed by atoms with Crippen molar-refractivity contribution in [2.24, 2.45) is 0 Å². The molecule has 1 amide bonds. The van der Waals surface area contributed by atoms with Crippen molar-refractivity contribution in [3.63, 3.8) is 0 Å². The third-order valence-corrected chi connectivity index (χ3v) is 6.04. The van der Waals surface area contributed by atoms with Crippen molar-refractivity contribution in [2.75, 3.05) is 20.7 Å². The van der Waals surface area contributed by atoms with Crippen molar-refractivity contribution in [3.05, 3.63) is 59.2 Å². The van der Waals surface area contributed by atoms with Gasteiger partial charge >= 0.3 is 0 Å². The minimum Gasteiger partial charge on any atom is -0.483 e. The number of aryl methyl sites for hydroxylation is 1. The number of amides is 1. The van der Waals surface area contributed by atoms with Crippen LogP contribution >= 0.6 is 0 Å². The summed E-state index contributed by atoms with van der Waals surface area (Å²) in [6.45, 7) is 3.89. The first-order valence-corrected chi connectivity index (χ1v) is 9.63. The van der Waals surface area contributed by atoms with Crippen molar-refractivity contribution in [1.82, 2.24) is 9.62 Å². The highest BCUT2D eigenvalue weighted by atomic mass is 32.2. The first kappa shape index (κ1) is 19.9. The van der Waals surface area contributed by atoms with Crippen molar-refractivity contribution in [1.29, 1.82) is 0 Å². The van der Waals surface area contributed by atoms with E-state index in [2.05, 4.69) is 5.32 Å². The summed E-state index contributed by atoms with van der Waals surface area (Å²) in [6.07, 6.45) is 0. The number of sulfonamides is 1. The van der Waals surface area contributed by atoms with Crippen LogP contribution in [0.3, 0.4) is 0 Å². The number of nitrogens with one attached hydrogen (secondary N) is 1. The van der Waals surface area contributed by atoms with E-state index in [0.29, 0.717) is 11.3 Å². The van der Waals surface area contributed by atoms with Gasteiger partial charge in [-0.3, -0.25) is 4.79 Å². The van der Waals surface area contributed by atoms with E-state index >= 15 is 0 Å². The molecule has 0 heterocycles. The minimum absolute atomic E-state index is 0.109. The number of carbonyl (C=O) groups is 1. The van der Waals surface area contributed by atoms with Crippen LogP contribution in [0.5, 0.6) is 5.75 Å². The highest BCUT2D eigenvalue weighted by Gasteiger charge is 2.20. The van der Waals surface area contributed by atoms with Gasteiger partial charge in [-0.15, -0.1) is 0 Å². The number of nitrogens with zero attached hydrogens (tertiary/aromatic N) is 1. The van der Waals surface area contributed by atoms with E-state index in [9.17, 15) is 13.2 Å². The van der Waals surface area contributed by atoms with Gasteiger partial charge in [0.1, 0.15) is 5.75 Å². The van der Waals surface area contributed by atoms with Crippen molar-refractivity contribution < 1.29 is 17.9 Å². The van der Waals surface area contributed by atoms with Gasteiger partial charge in [-0.05, 0) is 42.7 Å². The van der Waals surface area contributed by atoms with Crippen LogP contribution in [0.15, 0.2) is 47.4 Å². The van der Waals surface area contributed by atoms with E-state index in [1.165, 1.54) is 20.2 Å². The zero-order valence-electron chi connectivity index (χ0n) is 15.4. The largest absolute Gasteiger partial charge is 0.483 e. The monoisotopic (exact) mass is 376 g/mol. The fraction of sp³-hybridized carbons (Fsp3) is 0.316. The average Bonchev–Trinajstić information content (AvgIpc) is 2.61. The van der Waals surface area contributed by atoms with E-state index in [0.717, 1.165) is 15.4 Å². The van der Waals surface area contributed by atoms with Crippen LogP contribution in [-0.2, 0) is 21.4 Å². The molecule has 0 fully saturated rings. The Balaban J connectivity index is 2.01. The molecular weight excluding hydrogens is 352 g/mol. The Morgan fingerprint density at radius 2 is 1.77 bits per heavy atom. The molecule has 0 unspecified atom stereocenters. The lowest BCUT2D eigenvalue weighted by Gasteiger charge is -2.15. The van der Waals surface area contributed by atoms with E-state index in [1.54, 1.807) is 18.2 Å². The van der Waals surface area contributed by atoms with Gasteiger partial charge in [0.2, 0.25) is 10.0 Å². The van der Waals surface area contributed by atoms with Gasteiger partial charge < -0.3 is 10.1 Å². The molecule has 2 rings (SSSR count). The van der Waals surface area contributed by atoms with Gasteiger partial charge in [0.15, 0.2) is 6.61 Å². The van der Waals surface area contributed by atoms with Gasteiger partial charge in [-0.25, -0.2) is 12.7 Å². The van der Waals surface area contributed by atoms with Gasteiger partial charge in [0.25, 0.3) is 5.91 Å². The molecule has 2 aromatic carbocycles. The lowest BCUT2D eigenvalue weighted by atomic mass is 10.1. The summed E-state index contributed by atoms with van der Waals surface area (Å²) >= 11 is 0. The van der Waals surface area contributed by atoms with E-state index in [1.807, 2.05) is 32.0 Å². The SMILES string of the molecule is Cc1cccc(OCC(=O)NCc2ccccc2S(=O)(=O)N(C)C)c1C. The van der Waals surface area contributed by atoms with Crippen molar-refractivity contribution in [2.45, 2.75) is 25.3 Å². The predicted molar refractivity (Wildman–Crippen MR) is 101 cm³/mol. The van der Waals surface area contributed by atoms with Crippen LogP contribution in [-0.4, -0.2) is 39.3 Å². The van der Waals surface area contributed by atoms with Crippen LogP contribution in [0.25, 0.3) is 0 Å². The Morgan fingerprint density at radius 1 is 1.08 bits per heavy atom. The number of carbonyl (C=O) groups excluding carboxylic acids is 1. The Kier molecular flexibility index (Phi) is 6.39. The second-order valence-electron chi connectivity index (χ2n) is 6.16. The molecule has 0 aromatic heterocycles. The standard InChI is InChI=1S/C19H24N2O4S/c1-14-8-7-10-17(15(14)2)25-13-19(22)20-12-16-9-5-6-11-18(16)26(23,24)21(3)4/h5-11H,12-13H2,1-4H3,(H,20,22). The molecule has 140 valence electrons. The van der Waals surface area contributed by atoms with Crippen molar-refractivity contribution in [3.8, 4) is 5.75 Å². The summed E-state index contributed by atoms with van der Waals surface area (Å²) in [5, 5.41) is 2.71. The minimum atomic E-state index is -3.57. The van der Waals surface area contributed by atoms with E-state index in [4.69, 9.17) is 4.74 Å². The van der Waals surface area contributed by atoms with Crippen LogP contribution in [0.2, 0.25) is 0 Å². The highest BCUT2D eigenvalue weighted by Crippen LogP contribution is 2.20. The zero-order valence-corrected chi connectivity index (χ0v) is 16.3. The molecule has 0 saturated carbocycles. The molecule has 0 bridgehead atoms. The molecule has 0 atom stereocenters. The Hall–Kier alpha value is -2.38. The Labute approximate surface area is 154 Å². The number of hydrogen-bond donors (Lipinski definition) is 1. The van der Waals surface area contributed by atoms with Crippen LogP contribution < -0.4 is 10.1 Å². The molecule has 26 heavy (non-hydrogen) atoms. The van der Waals surface area contributed by atoms with Gasteiger partial charge in [-0.2, -0.15) is 0 Å². The quantitative estimate of drug-likeness (QED) is 0.804. The third kappa shape index (κ3) is 4.62. The van der Waals surface area contributed by atoms with Gasteiger partial charge in [0, 0.05) is 20.6 Å². The molecule has 0 radical (unpaired) electrons. The topological polar surface area (TPSA) is 75.7 Å². The summed E-state index contributed by atoms with van der Waals surface area (Å²) in [5.41, 5.74) is 2.61. The molecule has 7 heteroatoms. The molecular formula is C19H24N2O4S. The second kappa shape index (κ2) is 8.33. The van der Waals surface area contributed by atoms with E-state index in [-0.39, 0.29) is 24.0 Å². The van der Waals surface area contributed by atoms with Crippen molar-refractivity contribution >= 4 is 15.9 Å². The maximum absolute atomic E-state index is 12.4. The summed E-state index contributed by atoms with van der Waals surface area (Å²) in [7, 11) is -0.620. The van der Waals surface area contributed by atoms with Crippen LogP contribution in [0.4, 0.5) is 0 Å². The molecule has 2 aromatic rings. The molecule has 1 N–H and O–H groups in total. The Morgan fingerprint density at radius 3 is 2.46 bits per heavy atom. The number of hydrogen-bond acceptors (Lipinski definition) is 4. The summed E-state index contributed by atoms with van der Waals surface area (Å²) in [5.74, 6) is 0.346. The van der Waals surface area contributed by atoms with Crippen LogP contribution in [0.1, 0.15) is 16.7 Å². The fourth-order valence-electron chi connectivity index (χ4n) is 2.37. The Bertz CT molecular complexity index is 892. The first-order chi connectivity index (χ1) is 12.2. The maximum atomic E-state index is 12.4. The summed E-state index contributed by atoms with van der Waals surface area (Å²) in [4.78, 5) is 12.3. The zero-order chi connectivity index (χ0) is 19.3. The number of rotatable bonds is 7. The highest BCUT2D eigenvalue weighted by molar-refractivity contribution is 7.89. The lowest BCUT2D eigenvalue weighted by molar-refractivity contribution is -0.123. The van der Waals surface area contributed by atoms with Gasteiger partial charge in [0.05, 0.1) is 4.90 Å². The molecule has 0 spiro atoms. The molecule has 6 nitrogen and oxygen atoms in total. The fourth-order valence-corrected chi connectivity index (χ4v) is 3.48. The third-order valence-electron chi connectivity index (χ3n) is 4.12. The molecule has 0 saturated heterocycles. The predicted octanol–water partition coefficient (Wildman–Crippen LogP) is 2.25. The number of ether oxygens (including phenoxy) is 1. The summed E-state index contributed by atoms with van der Waals surface area (Å²) in [6, 6.07) is 12.3. The average molecular weight is 376 g/mol. The molecule has 0 aliphatic heterocycles. The first-order valence-electron chi connectivity index (χ1n) is 8.19. The second-order valence-corrected chi connectivity index (χ2v) is 8.28. The summed E-state index contributed by atoms with van der Waals surface area (Å²) < 4.78 is 31.4. The smallest absolute Gasteiger partial charge is 0.258 e. The number of benzene rings is 2. The molecule has 0 aliphatic rings. The molecule has 0 aliphatic carbocycles. The van der Waals surface area contributed by atoms with Gasteiger partial charge in [-0.1, -0.05) is 30.3 Å². The normalized spacial score (nSPS) is 11.4.